The van der Waals surface area contributed by atoms with Gasteiger partial charge in [-0.2, -0.15) is 0 Å². The summed E-state index contributed by atoms with van der Waals surface area (Å²) in [6.45, 7) is 21.1. The highest BCUT2D eigenvalue weighted by molar-refractivity contribution is 6.00. The monoisotopic (exact) mass is 551 g/mol. The van der Waals surface area contributed by atoms with E-state index in [0.29, 0.717) is 18.5 Å². The van der Waals surface area contributed by atoms with Gasteiger partial charge in [0.25, 0.3) is 5.91 Å². The molecule has 0 heterocycles. The summed E-state index contributed by atoms with van der Waals surface area (Å²) in [5.74, 6) is -0.829. The molecule has 7 nitrogen and oxygen atoms in total. The summed E-state index contributed by atoms with van der Waals surface area (Å²) in [6, 6.07) is 11.6. The van der Waals surface area contributed by atoms with Crippen LogP contribution in [-0.4, -0.2) is 40.0 Å². The first-order valence-corrected chi connectivity index (χ1v) is 14.3. The number of carbonyl (C=O) groups excluding carboxylic acids is 3. The zero-order valence-electron chi connectivity index (χ0n) is 26.3. The van der Waals surface area contributed by atoms with Crippen molar-refractivity contribution in [1.82, 2.24) is 10.2 Å². The maximum Gasteiger partial charge on any atom is 0.408 e. The van der Waals surface area contributed by atoms with Gasteiger partial charge >= 0.3 is 6.09 Å². The van der Waals surface area contributed by atoms with Gasteiger partial charge in [-0.15, -0.1) is 0 Å². The van der Waals surface area contributed by atoms with Gasteiger partial charge in [0.05, 0.1) is 0 Å². The zero-order chi connectivity index (χ0) is 30.4. The quantitative estimate of drug-likeness (QED) is 0.326. The fraction of sp³-hybridized carbons (Fsp3) is 0.545. The third-order valence-corrected chi connectivity index (χ3v) is 7.76. The second-order valence-corrected chi connectivity index (χ2v) is 12.4. The number of benzene rings is 2. The predicted molar refractivity (Wildman–Crippen MR) is 162 cm³/mol. The molecule has 0 aromatic heterocycles. The molecule has 0 bridgehead atoms. The summed E-state index contributed by atoms with van der Waals surface area (Å²) in [4.78, 5) is 43.5. The van der Waals surface area contributed by atoms with E-state index < -0.39 is 29.3 Å². The lowest BCUT2D eigenvalue weighted by molar-refractivity contribution is -0.148. The normalized spacial score (nSPS) is 14.1. The minimum atomic E-state index is -0.936. The number of carbonyl (C=O) groups is 3. The molecule has 7 heteroatoms. The first-order valence-electron chi connectivity index (χ1n) is 14.3. The van der Waals surface area contributed by atoms with Crippen molar-refractivity contribution < 1.29 is 19.1 Å². The number of amides is 3. The summed E-state index contributed by atoms with van der Waals surface area (Å²) in [5, 5.41) is 5.94. The number of para-hydroxylation sites is 1. The Bertz CT molecular complexity index is 1200. The SMILES string of the molecule is CCC(C)C(NC(=O)OC(C)(C)C)C(=O)N(C(C(=O)Nc1ccccc1C)c1cccc(C)c1C)C(C)(C)CC. The first kappa shape index (κ1) is 32.9. The molecule has 3 unspecified atom stereocenters. The molecule has 0 saturated carbocycles. The van der Waals surface area contributed by atoms with Gasteiger partial charge in [0.15, 0.2) is 0 Å². The number of hydrogen-bond donors (Lipinski definition) is 2. The van der Waals surface area contributed by atoms with E-state index in [0.717, 1.165) is 22.3 Å². The Morgan fingerprint density at radius 2 is 1.50 bits per heavy atom. The van der Waals surface area contributed by atoms with Crippen LogP contribution in [0.4, 0.5) is 10.5 Å². The summed E-state index contributed by atoms with van der Waals surface area (Å²) >= 11 is 0. The number of ether oxygens (including phenoxy) is 1. The molecule has 2 N–H and O–H groups in total. The fourth-order valence-electron chi connectivity index (χ4n) is 4.59. The van der Waals surface area contributed by atoms with Gasteiger partial charge in [0, 0.05) is 11.2 Å². The highest BCUT2D eigenvalue weighted by atomic mass is 16.6. The number of nitrogens with zero attached hydrogens (tertiary/aromatic N) is 1. The zero-order valence-corrected chi connectivity index (χ0v) is 26.3. The van der Waals surface area contributed by atoms with Gasteiger partial charge in [0.2, 0.25) is 5.91 Å². The largest absolute Gasteiger partial charge is 0.444 e. The van der Waals surface area contributed by atoms with Crippen LogP contribution < -0.4 is 10.6 Å². The van der Waals surface area contributed by atoms with Crippen LogP contribution in [-0.2, 0) is 14.3 Å². The van der Waals surface area contributed by atoms with Crippen LogP contribution in [0.25, 0.3) is 0 Å². The minimum Gasteiger partial charge on any atom is -0.444 e. The van der Waals surface area contributed by atoms with Gasteiger partial charge in [-0.05, 0) is 96.0 Å². The maximum absolute atomic E-state index is 14.7. The Morgan fingerprint density at radius 1 is 0.900 bits per heavy atom. The molecule has 3 atom stereocenters. The topological polar surface area (TPSA) is 87.7 Å². The number of hydrogen-bond acceptors (Lipinski definition) is 4. The average Bonchev–Trinajstić information content (AvgIpc) is 2.87. The highest BCUT2D eigenvalue weighted by Gasteiger charge is 2.44. The summed E-state index contributed by atoms with van der Waals surface area (Å²) < 4.78 is 5.52. The third-order valence-electron chi connectivity index (χ3n) is 7.76. The van der Waals surface area contributed by atoms with Crippen molar-refractivity contribution in [2.24, 2.45) is 5.92 Å². The molecule has 40 heavy (non-hydrogen) atoms. The first-order chi connectivity index (χ1) is 18.5. The molecular weight excluding hydrogens is 502 g/mol. The molecule has 0 saturated heterocycles. The van der Waals surface area contributed by atoms with Crippen molar-refractivity contribution in [3.63, 3.8) is 0 Å². The Balaban J connectivity index is 2.73. The standard InChI is InChI=1S/C33H49N3O4/c1-12-21(3)27(35-31(39)40-32(7,8)9)30(38)36(33(10,11)13-2)28(25-19-16-18-22(4)24(25)6)29(37)34-26-20-15-14-17-23(26)5/h14-21,27-28H,12-13H2,1-11H3,(H,34,37)(H,35,39). The molecule has 0 aliphatic carbocycles. The average molecular weight is 552 g/mol. The van der Waals surface area contributed by atoms with Crippen LogP contribution in [0.5, 0.6) is 0 Å². The number of nitrogens with one attached hydrogen (secondary N) is 2. The second kappa shape index (κ2) is 13.3. The van der Waals surface area contributed by atoms with E-state index in [1.807, 2.05) is 97.9 Å². The maximum atomic E-state index is 14.7. The molecule has 2 aromatic rings. The van der Waals surface area contributed by atoms with Gasteiger partial charge in [-0.1, -0.05) is 63.6 Å². The van der Waals surface area contributed by atoms with Crippen LogP contribution in [0, 0.1) is 26.7 Å². The summed E-state index contributed by atoms with van der Waals surface area (Å²) in [6.07, 6.45) is 0.584. The van der Waals surface area contributed by atoms with E-state index >= 15 is 0 Å². The van der Waals surface area contributed by atoms with E-state index in [1.54, 1.807) is 25.7 Å². The minimum absolute atomic E-state index is 0.200. The Kier molecular flexibility index (Phi) is 11.0. The van der Waals surface area contributed by atoms with Gasteiger partial charge in [0.1, 0.15) is 17.7 Å². The lowest BCUT2D eigenvalue weighted by atomic mass is 9.87. The van der Waals surface area contributed by atoms with E-state index in [-0.39, 0.29) is 17.7 Å². The van der Waals surface area contributed by atoms with Crippen molar-refractivity contribution in [2.45, 2.75) is 112 Å². The van der Waals surface area contributed by atoms with Crippen molar-refractivity contribution in [3.8, 4) is 0 Å². The molecule has 2 aromatic carbocycles. The predicted octanol–water partition coefficient (Wildman–Crippen LogP) is 7.25. The van der Waals surface area contributed by atoms with Crippen LogP contribution >= 0.6 is 0 Å². The summed E-state index contributed by atoms with van der Waals surface area (Å²) in [7, 11) is 0. The molecule has 220 valence electrons. The van der Waals surface area contributed by atoms with Crippen LogP contribution in [0.1, 0.15) is 96.5 Å². The molecule has 0 aliphatic heterocycles. The molecular formula is C33H49N3O4. The van der Waals surface area contributed by atoms with E-state index in [9.17, 15) is 14.4 Å². The van der Waals surface area contributed by atoms with Gasteiger partial charge in [-0.3, -0.25) is 9.59 Å². The van der Waals surface area contributed by atoms with Gasteiger partial charge in [-0.25, -0.2) is 4.79 Å². The molecule has 3 amide bonds. The molecule has 0 radical (unpaired) electrons. The molecule has 0 aliphatic rings. The second-order valence-electron chi connectivity index (χ2n) is 12.4. The smallest absolute Gasteiger partial charge is 0.408 e. The Morgan fingerprint density at radius 3 is 2.05 bits per heavy atom. The van der Waals surface area contributed by atoms with Gasteiger partial charge < -0.3 is 20.3 Å². The van der Waals surface area contributed by atoms with Crippen molar-refractivity contribution in [1.29, 1.82) is 0 Å². The van der Waals surface area contributed by atoms with E-state index in [2.05, 4.69) is 10.6 Å². The Hall–Kier alpha value is -3.35. The summed E-state index contributed by atoms with van der Waals surface area (Å²) in [5.41, 5.74) is 2.89. The van der Waals surface area contributed by atoms with Crippen molar-refractivity contribution >= 4 is 23.6 Å². The van der Waals surface area contributed by atoms with Crippen LogP contribution in [0.15, 0.2) is 42.5 Å². The number of rotatable bonds is 10. The highest BCUT2D eigenvalue weighted by Crippen LogP contribution is 2.36. The molecule has 2 rings (SSSR count). The van der Waals surface area contributed by atoms with Crippen LogP contribution in [0.3, 0.4) is 0 Å². The van der Waals surface area contributed by atoms with E-state index in [1.165, 1.54) is 0 Å². The van der Waals surface area contributed by atoms with Crippen molar-refractivity contribution in [2.75, 3.05) is 5.32 Å². The number of alkyl carbamates (subject to hydrolysis) is 1. The third kappa shape index (κ3) is 8.09. The van der Waals surface area contributed by atoms with Crippen molar-refractivity contribution in [3.05, 3.63) is 64.7 Å². The van der Waals surface area contributed by atoms with Crippen LogP contribution in [0.2, 0.25) is 0 Å². The molecule has 0 spiro atoms. The Labute approximate surface area is 241 Å². The number of aryl methyl sites for hydroxylation is 2. The lowest BCUT2D eigenvalue weighted by Gasteiger charge is -2.45. The number of anilines is 1. The van der Waals surface area contributed by atoms with E-state index in [4.69, 9.17) is 4.74 Å². The fourth-order valence-corrected chi connectivity index (χ4v) is 4.59. The lowest BCUT2D eigenvalue weighted by Crippen LogP contribution is -2.60. The molecule has 0 fully saturated rings.